The quantitative estimate of drug-likeness (QED) is 0.519. The van der Waals surface area contributed by atoms with Crippen LogP contribution in [-0.4, -0.2) is 9.78 Å². The predicted octanol–water partition coefficient (Wildman–Crippen LogP) is 6.26. The van der Waals surface area contributed by atoms with Gasteiger partial charge in [-0.15, -0.1) is 5.10 Å². The van der Waals surface area contributed by atoms with Gasteiger partial charge in [0.1, 0.15) is 6.67 Å². The first-order valence-corrected chi connectivity index (χ1v) is 9.05. The number of aromatic nitrogens is 2. The summed E-state index contributed by atoms with van der Waals surface area (Å²) < 4.78 is 45.4. The smallest absolute Gasteiger partial charge is 0.409 e. The SMILES string of the molecule is CC(C)(C)c1ccc(-c2nn(CNc3cccc(C(F)(F)F)c3)c(=S)o2)cc1. The summed E-state index contributed by atoms with van der Waals surface area (Å²) in [6, 6.07) is 12.8. The Bertz CT molecular complexity index is 1010. The average Bonchev–Trinajstić information content (AvgIpc) is 3.00. The number of alkyl halides is 3. The lowest BCUT2D eigenvalue weighted by molar-refractivity contribution is -0.137. The maximum atomic E-state index is 12.8. The van der Waals surface area contributed by atoms with Crippen LogP contribution in [0.25, 0.3) is 11.5 Å². The maximum Gasteiger partial charge on any atom is 0.416 e. The molecule has 0 bridgehead atoms. The van der Waals surface area contributed by atoms with Crippen LogP contribution in [0.15, 0.2) is 52.9 Å². The molecule has 0 aliphatic heterocycles. The monoisotopic (exact) mass is 407 g/mol. The molecular formula is C20H20F3N3OS. The lowest BCUT2D eigenvalue weighted by Crippen LogP contribution is -2.11. The van der Waals surface area contributed by atoms with Crippen molar-refractivity contribution in [2.24, 2.45) is 0 Å². The highest BCUT2D eigenvalue weighted by Crippen LogP contribution is 2.30. The van der Waals surface area contributed by atoms with Crippen LogP contribution in [0.5, 0.6) is 0 Å². The van der Waals surface area contributed by atoms with E-state index in [0.29, 0.717) is 11.6 Å². The zero-order valence-corrected chi connectivity index (χ0v) is 16.5. The Labute approximate surface area is 166 Å². The highest BCUT2D eigenvalue weighted by molar-refractivity contribution is 7.71. The molecule has 1 N–H and O–H groups in total. The van der Waals surface area contributed by atoms with Crippen molar-refractivity contribution in [1.29, 1.82) is 0 Å². The molecule has 0 radical (unpaired) electrons. The van der Waals surface area contributed by atoms with Gasteiger partial charge in [-0.1, -0.05) is 39.0 Å². The molecule has 0 spiro atoms. The van der Waals surface area contributed by atoms with Gasteiger partial charge in [0, 0.05) is 11.3 Å². The molecule has 148 valence electrons. The van der Waals surface area contributed by atoms with Crippen LogP contribution < -0.4 is 5.32 Å². The molecule has 0 atom stereocenters. The molecule has 0 saturated heterocycles. The first kappa shape index (κ1) is 20.1. The van der Waals surface area contributed by atoms with Crippen molar-refractivity contribution in [1.82, 2.24) is 9.78 Å². The fraction of sp³-hybridized carbons (Fsp3) is 0.300. The van der Waals surface area contributed by atoms with Crippen molar-refractivity contribution in [2.75, 3.05) is 5.32 Å². The van der Waals surface area contributed by atoms with Crippen molar-refractivity contribution in [3.05, 3.63) is 64.5 Å². The number of hydrogen-bond donors (Lipinski definition) is 1. The maximum absolute atomic E-state index is 12.8. The molecule has 0 unspecified atom stereocenters. The Hall–Kier alpha value is -2.61. The van der Waals surface area contributed by atoms with Crippen molar-refractivity contribution in [2.45, 2.75) is 39.0 Å². The Morgan fingerprint density at radius 1 is 1.04 bits per heavy atom. The number of benzene rings is 2. The topological polar surface area (TPSA) is 43.0 Å². The van der Waals surface area contributed by atoms with Gasteiger partial charge in [0.2, 0.25) is 5.89 Å². The highest BCUT2D eigenvalue weighted by atomic mass is 32.1. The van der Waals surface area contributed by atoms with E-state index in [1.54, 1.807) is 6.07 Å². The fourth-order valence-electron chi connectivity index (χ4n) is 2.61. The molecule has 2 aromatic carbocycles. The second-order valence-corrected chi connectivity index (χ2v) is 7.76. The molecule has 0 saturated carbocycles. The molecule has 8 heteroatoms. The second-order valence-electron chi connectivity index (χ2n) is 7.41. The summed E-state index contributed by atoms with van der Waals surface area (Å²) >= 11 is 5.17. The summed E-state index contributed by atoms with van der Waals surface area (Å²) in [7, 11) is 0. The summed E-state index contributed by atoms with van der Waals surface area (Å²) in [6.07, 6.45) is -4.39. The van der Waals surface area contributed by atoms with Crippen LogP contribution in [0.3, 0.4) is 0 Å². The van der Waals surface area contributed by atoms with E-state index in [1.165, 1.54) is 16.3 Å². The average molecular weight is 407 g/mol. The van der Waals surface area contributed by atoms with Gasteiger partial charge in [0.25, 0.3) is 4.84 Å². The summed E-state index contributed by atoms with van der Waals surface area (Å²) in [5, 5.41) is 7.20. The molecule has 4 nitrogen and oxygen atoms in total. The molecule has 1 aromatic heterocycles. The van der Waals surface area contributed by atoms with Gasteiger partial charge in [0.15, 0.2) is 0 Å². The van der Waals surface area contributed by atoms with Crippen molar-refractivity contribution >= 4 is 17.9 Å². The summed E-state index contributed by atoms with van der Waals surface area (Å²) in [4.78, 5) is 0.134. The lowest BCUT2D eigenvalue weighted by atomic mass is 9.87. The fourth-order valence-corrected chi connectivity index (χ4v) is 2.79. The van der Waals surface area contributed by atoms with Gasteiger partial charge in [0.05, 0.1) is 5.56 Å². The van der Waals surface area contributed by atoms with Gasteiger partial charge in [-0.2, -0.15) is 13.2 Å². The van der Waals surface area contributed by atoms with E-state index >= 15 is 0 Å². The van der Waals surface area contributed by atoms with E-state index in [-0.39, 0.29) is 16.9 Å². The molecule has 3 rings (SSSR count). The van der Waals surface area contributed by atoms with Gasteiger partial charge in [-0.25, -0.2) is 4.68 Å². The van der Waals surface area contributed by atoms with E-state index in [2.05, 4.69) is 31.2 Å². The van der Waals surface area contributed by atoms with E-state index in [9.17, 15) is 13.2 Å². The van der Waals surface area contributed by atoms with E-state index in [0.717, 1.165) is 17.7 Å². The number of rotatable bonds is 4. The Morgan fingerprint density at radius 2 is 1.71 bits per heavy atom. The molecule has 0 aliphatic rings. The molecular weight excluding hydrogens is 387 g/mol. The molecule has 1 heterocycles. The predicted molar refractivity (Wildman–Crippen MR) is 105 cm³/mol. The van der Waals surface area contributed by atoms with Gasteiger partial charge < -0.3 is 9.73 Å². The van der Waals surface area contributed by atoms with Crippen LogP contribution in [-0.2, 0) is 18.3 Å². The van der Waals surface area contributed by atoms with Gasteiger partial charge in [-0.3, -0.25) is 0 Å². The second kappa shape index (κ2) is 7.43. The van der Waals surface area contributed by atoms with Gasteiger partial charge in [-0.05, 0) is 53.5 Å². The van der Waals surface area contributed by atoms with Crippen molar-refractivity contribution in [3.63, 3.8) is 0 Å². The summed E-state index contributed by atoms with van der Waals surface area (Å²) in [5.41, 5.74) is 1.58. The summed E-state index contributed by atoms with van der Waals surface area (Å²) in [6.45, 7) is 6.47. The van der Waals surface area contributed by atoms with Crippen LogP contribution in [0.4, 0.5) is 18.9 Å². The standard InChI is InChI=1S/C20H20F3N3OS/c1-19(2,3)14-9-7-13(8-10-14)17-25-26(18(28)27-17)12-24-16-6-4-5-15(11-16)20(21,22)23/h4-11,24H,12H2,1-3H3. The summed E-state index contributed by atoms with van der Waals surface area (Å²) in [5.74, 6) is 0.358. The Morgan fingerprint density at radius 3 is 2.32 bits per heavy atom. The van der Waals surface area contributed by atoms with Crippen LogP contribution in [0.1, 0.15) is 31.9 Å². The third-order valence-corrected chi connectivity index (χ3v) is 4.52. The highest BCUT2D eigenvalue weighted by Gasteiger charge is 2.30. The first-order valence-electron chi connectivity index (χ1n) is 8.64. The molecule has 0 amide bonds. The van der Waals surface area contributed by atoms with Crippen LogP contribution >= 0.6 is 12.2 Å². The Kier molecular flexibility index (Phi) is 5.34. The number of nitrogens with one attached hydrogen (secondary N) is 1. The Balaban J connectivity index is 1.76. The minimum Gasteiger partial charge on any atom is -0.409 e. The zero-order chi connectivity index (χ0) is 20.5. The molecule has 3 aromatic rings. The zero-order valence-electron chi connectivity index (χ0n) is 15.7. The first-order chi connectivity index (χ1) is 13.0. The van der Waals surface area contributed by atoms with E-state index < -0.39 is 11.7 Å². The lowest BCUT2D eigenvalue weighted by Gasteiger charge is -2.18. The van der Waals surface area contributed by atoms with E-state index in [1.807, 2.05) is 24.3 Å². The van der Waals surface area contributed by atoms with Crippen molar-refractivity contribution < 1.29 is 17.6 Å². The number of halogens is 3. The number of hydrogen-bond acceptors (Lipinski definition) is 4. The third-order valence-electron chi connectivity index (χ3n) is 4.23. The number of anilines is 1. The molecule has 0 fully saturated rings. The van der Waals surface area contributed by atoms with Crippen LogP contribution in [0, 0.1) is 4.84 Å². The normalized spacial score (nSPS) is 12.2. The van der Waals surface area contributed by atoms with Crippen molar-refractivity contribution in [3.8, 4) is 11.5 Å². The third kappa shape index (κ3) is 4.62. The molecule has 0 aliphatic carbocycles. The minimum atomic E-state index is -4.39. The van der Waals surface area contributed by atoms with Gasteiger partial charge >= 0.3 is 6.18 Å². The number of nitrogens with zero attached hydrogens (tertiary/aromatic N) is 2. The van der Waals surface area contributed by atoms with Crippen LogP contribution in [0.2, 0.25) is 0 Å². The minimum absolute atomic E-state index is 0.0348. The largest absolute Gasteiger partial charge is 0.416 e. The molecule has 28 heavy (non-hydrogen) atoms. The van der Waals surface area contributed by atoms with E-state index in [4.69, 9.17) is 16.6 Å².